The van der Waals surface area contributed by atoms with Gasteiger partial charge in [-0.3, -0.25) is 4.79 Å². The molecule has 1 aliphatic heterocycles. The molecule has 108 valence electrons. The number of rotatable bonds is 3. The van der Waals surface area contributed by atoms with Crippen molar-refractivity contribution in [3.8, 4) is 0 Å². The van der Waals surface area contributed by atoms with Gasteiger partial charge in [0, 0.05) is 12.6 Å². The Hall–Kier alpha value is -1.47. The number of alkyl halides is 3. The van der Waals surface area contributed by atoms with Gasteiger partial charge in [-0.2, -0.15) is 13.2 Å². The van der Waals surface area contributed by atoms with Crippen LogP contribution in [0.1, 0.15) is 25.7 Å². The van der Waals surface area contributed by atoms with E-state index in [4.69, 9.17) is 0 Å². The van der Waals surface area contributed by atoms with E-state index in [0.717, 1.165) is 24.2 Å². The molecule has 0 aromatic carbocycles. The minimum atomic E-state index is -4.40. The number of amides is 3. The largest absolute Gasteiger partial charge is 0.406 e. The summed E-state index contributed by atoms with van der Waals surface area (Å²) < 4.78 is 36.6. The predicted molar refractivity (Wildman–Crippen MR) is 60.3 cm³/mol. The number of carbonyl (C=O) groups excluding carboxylic acids is 2. The lowest BCUT2D eigenvalue weighted by atomic mass is 9.93. The van der Waals surface area contributed by atoms with Crippen LogP contribution in [0.15, 0.2) is 0 Å². The highest BCUT2D eigenvalue weighted by Gasteiger charge is 2.39. The summed E-state index contributed by atoms with van der Waals surface area (Å²) in [5.41, 5.74) is 0. The van der Waals surface area contributed by atoms with E-state index in [9.17, 15) is 22.8 Å². The molecule has 19 heavy (non-hydrogen) atoms. The molecule has 0 bridgehead atoms. The second-order valence-electron chi connectivity index (χ2n) is 4.96. The van der Waals surface area contributed by atoms with Crippen molar-refractivity contribution in [3.05, 3.63) is 0 Å². The van der Waals surface area contributed by atoms with E-state index in [1.807, 2.05) is 0 Å². The van der Waals surface area contributed by atoms with E-state index in [0.29, 0.717) is 0 Å². The molecule has 2 rings (SSSR count). The van der Waals surface area contributed by atoms with E-state index >= 15 is 0 Å². The van der Waals surface area contributed by atoms with Gasteiger partial charge in [0.1, 0.15) is 12.6 Å². The van der Waals surface area contributed by atoms with Crippen LogP contribution < -0.4 is 10.6 Å². The maximum Gasteiger partial charge on any atom is 0.406 e. The number of nitrogens with zero attached hydrogens (tertiary/aromatic N) is 1. The summed E-state index contributed by atoms with van der Waals surface area (Å²) in [6.45, 7) is -1.24. The van der Waals surface area contributed by atoms with Crippen LogP contribution in [0.5, 0.6) is 0 Å². The summed E-state index contributed by atoms with van der Waals surface area (Å²) in [6.07, 6.45) is -1.31. The van der Waals surface area contributed by atoms with Crippen LogP contribution >= 0.6 is 0 Å². The molecule has 1 saturated carbocycles. The molecule has 1 heterocycles. The first-order chi connectivity index (χ1) is 8.85. The molecule has 0 radical (unpaired) electrons. The van der Waals surface area contributed by atoms with Gasteiger partial charge in [0.05, 0.1) is 0 Å². The first-order valence-corrected chi connectivity index (χ1v) is 6.28. The highest BCUT2D eigenvalue weighted by molar-refractivity contribution is 5.88. The average molecular weight is 279 g/mol. The van der Waals surface area contributed by atoms with E-state index in [2.05, 4.69) is 10.6 Å². The molecule has 1 saturated heterocycles. The highest BCUT2D eigenvalue weighted by Crippen LogP contribution is 2.21. The summed E-state index contributed by atoms with van der Waals surface area (Å²) in [4.78, 5) is 23.9. The fraction of sp³-hybridized carbons (Fsp3) is 0.818. The zero-order valence-electron chi connectivity index (χ0n) is 10.3. The van der Waals surface area contributed by atoms with Crippen molar-refractivity contribution in [2.75, 3.05) is 13.1 Å². The van der Waals surface area contributed by atoms with Crippen LogP contribution in [0, 0.1) is 0 Å². The van der Waals surface area contributed by atoms with E-state index < -0.39 is 30.7 Å². The third kappa shape index (κ3) is 3.74. The van der Waals surface area contributed by atoms with Crippen molar-refractivity contribution in [2.45, 2.75) is 43.9 Å². The minimum Gasteiger partial charge on any atom is -0.335 e. The van der Waals surface area contributed by atoms with Gasteiger partial charge in [-0.1, -0.05) is 0 Å². The first-order valence-electron chi connectivity index (χ1n) is 6.28. The maximum atomic E-state index is 12.2. The van der Waals surface area contributed by atoms with Crippen LogP contribution in [0.4, 0.5) is 18.0 Å². The quantitative estimate of drug-likeness (QED) is 0.809. The third-order valence-corrected chi connectivity index (χ3v) is 3.41. The molecule has 5 nitrogen and oxygen atoms in total. The van der Waals surface area contributed by atoms with Crippen LogP contribution in [0.3, 0.4) is 0 Å². The lowest BCUT2D eigenvalue weighted by Crippen LogP contribution is -2.50. The molecule has 2 N–H and O–H groups in total. The van der Waals surface area contributed by atoms with Gasteiger partial charge in [-0.15, -0.1) is 0 Å². The normalized spacial score (nSPS) is 24.3. The summed E-state index contributed by atoms with van der Waals surface area (Å²) in [5, 5.41) is 5.12. The number of halogens is 3. The number of carbonyl (C=O) groups is 2. The van der Waals surface area contributed by atoms with Crippen molar-refractivity contribution in [1.82, 2.24) is 15.5 Å². The first kappa shape index (κ1) is 14.0. The molecule has 2 aliphatic rings. The van der Waals surface area contributed by atoms with E-state index in [1.54, 1.807) is 0 Å². The Morgan fingerprint density at radius 1 is 1.26 bits per heavy atom. The number of hydrogen-bond donors (Lipinski definition) is 2. The monoisotopic (exact) mass is 279 g/mol. The molecule has 0 aromatic rings. The van der Waals surface area contributed by atoms with Crippen LogP contribution in [0.25, 0.3) is 0 Å². The van der Waals surface area contributed by atoms with Crippen molar-refractivity contribution in [1.29, 1.82) is 0 Å². The Kier molecular flexibility index (Phi) is 3.86. The summed E-state index contributed by atoms with van der Waals surface area (Å²) in [6, 6.07) is -1.19. The molecule has 0 unspecified atom stereocenters. The maximum absolute atomic E-state index is 12.2. The van der Waals surface area contributed by atoms with Crippen molar-refractivity contribution in [2.24, 2.45) is 0 Å². The van der Waals surface area contributed by atoms with Crippen molar-refractivity contribution in [3.63, 3.8) is 0 Å². The summed E-state index contributed by atoms with van der Waals surface area (Å²) in [7, 11) is 0. The van der Waals surface area contributed by atoms with Gasteiger partial charge >= 0.3 is 12.2 Å². The van der Waals surface area contributed by atoms with Crippen LogP contribution in [0.2, 0.25) is 0 Å². The Labute approximate surface area is 108 Å². The molecule has 2 fully saturated rings. The van der Waals surface area contributed by atoms with Gasteiger partial charge < -0.3 is 15.5 Å². The summed E-state index contributed by atoms with van der Waals surface area (Å²) >= 11 is 0. The van der Waals surface area contributed by atoms with E-state index in [-0.39, 0.29) is 19.0 Å². The fourth-order valence-corrected chi connectivity index (χ4v) is 2.18. The van der Waals surface area contributed by atoms with Gasteiger partial charge in [0.2, 0.25) is 5.91 Å². The molecule has 0 spiro atoms. The van der Waals surface area contributed by atoms with Gasteiger partial charge in [-0.05, 0) is 25.7 Å². The van der Waals surface area contributed by atoms with Gasteiger partial charge in [0.15, 0.2) is 0 Å². The van der Waals surface area contributed by atoms with Crippen molar-refractivity contribution >= 4 is 11.9 Å². The average Bonchev–Trinajstić information content (AvgIpc) is 2.54. The second kappa shape index (κ2) is 5.26. The van der Waals surface area contributed by atoms with E-state index in [1.165, 1.54) is 0 Å². The van der Waals surface area contributed by atoms with Crippen LogP contribution in [-0.2, 0) is 4.79 Å². The standard InChI is InChI=1S/C11H16F3N3O2/c12-11(13,14)6-17-5-4-8(9(17)18)16-10(19)15-7-2-1-3-7/h7-8H,1-6H2,(H2,15,16,19)/t8-/m0/s1. The molecule has 1 atom stereocenters. The lowest BCUT2D eigenvalue weighted by molar-refractivity contribution is -0.157. The molecule has 0 aromatic heterocycles. The number of urea groups is 1. The molecule has 3 amide bonds. The Morgan fingerprint density at radius 3 is 2.47 bits per heavy atom. The molecular formula is C11H16F3N3O2. The zero-order chi connectivity index (χ0) is 14.0. The second-order valence-corrected chi connectivity index (χ2v) is 4.96. The SMILES string of the molecule is O=C(NC1CCC1)N[C@H]1CCN(CC(F)(F)F)C1=O. The number of likely N-dealkylation sites (tertiary alicyclic amines) is 1. The lowest BCUT2D eigenvalue weighted by Gasteiger charge is -2.27. The Bertz CT molecular complexity index is 369. The smallest absolute Gasteiger partial charge is 0.335 e. The Morgan fingerprint density at radius 2 is 1.95 bits per heavy atom. The number of hydrogen-bond acceptors (Lipinski definition) is 2. The predicted octanol–water partition coefficient (Wildman–Crippen LogP) is 1.00. The summed E-state index contributed by atoms with van der Waals surface area (Å²) in [5.74, 6) is -0.666. The topological polar surface area (TPSA) is 61.4 Å². The van der Waals surface area contributed by atoms with Crippen molar-refractivity contribution < 1.29 is 22.8 Å². The molecule has 1 aliphatic carbocycles. The molecule has 8 heteroatoms. The highest BCUT2D eigenvalue weighted by atomic mass is 19.4. The van der Waals surface area contributed by atoms with Gasteiger partial charge in [0.25, 0.3) is 0 Å². The minimum absolute atomic E-state index is 0.0206. The fourth-order valence-electron chi connectivity index (χ4n) is 2.18. The van der Waals surface area contributed by atoms with Crippen LogP contribution in [-0.4, -0.2) is 48.2 Å². The third-order valence-electron chi connectivity index (χ3n) is 3.41. The number of nitrogens with one attached hydrogen (secondary N) is 2. The molecular weight excluding hydrogens is 263 g/mol. The zero-order valence-corrected chi connectivity index (χ0v) is 10.3. The Balaban J connectivity index is 1.78. The van der Waals surface area contributed by atoms with Gasteiger partial charge in [-0.25, -0.2) is 4.79 Å².